The Balaban J connectivity index is 2.65. The van der Waals surface area contributed by atoms with Gasteiger partial charge in [0.2, 0.25) is 6.43 Å². The van der Waals surface area contributed by atoms with Crippen LogP contribution in [-0.2, 0) is 0 Å². The molecule has 0 aromatic heterocycles. The summed E-state index contributed by atoms with van der Waals surface area (Å²) in [5, 5.41) is 0. The Kier molecular flexibility index (Phi) is 2.71. The van der Waals surface area contributed by atoms with E-state index in [9.17, 15) is 8.78 Å². The van der Waals surface area contributed by atoms with E-state index < -0.39 is 12.3 Å². The lowest BCUT2D eigenvalue weighted by Gasteiger charge is -2.40. The Hall–Kier alpha value is -0.180. The van der Waals surface area contributed by atoms with Gasteiger partial charge in [0, 0.05) is 12.0 Å². The molecular formula is C9H17F2N. The third-order valence-electron chi connectivity index (χ3n) is 3.02. The maximum Gasteiger partial charge on any atom is 0.242 e. The van der Waals surface area contributed by atoms with Crippen LogP contribution in [0.4, 0.5) is 8.78 Å². The minimum atomic E-state index is -2.22. The summed E-state index contributed by atoms with van der Waals surface area (Å²) < 4.78 is 25.1. The molecule has 0 heterocycles. The van der Waals surface area contributed by atoms with Gasteiger partial charge in [-0.25, -0.2) is 8.78 Å². The van der Waals surface area contributed by atoms with E-state index in [0.717, 1.165) is 12.8 Å². The fraction of sp³-hybridized carbons (Fsp3) is 1.00. The zero-order valence-corrected chi connectivity index (χ0v) is 7.69. The summed E-state index contributed by atoms with van der Waals surface area (Å²) in [5.74, 6) is -0.513. The van der Waals surface area contributed by atoms with Gasteiger partial charge in [0.15, 0.2) is 0 Å². The second-order valence-electron chi connectivity index (χ2n) is 4.46. The first-order chi connectivity index (χ1) is 5.43. The molecule has 1 aliphatic rings. The Morgan fingerprint density at radius 2 is 2.00 bits per heavy atom. The van der Waals surface area contributed by atoms with E-state index in [1.165, 1.54) is 0 Å². The van der Waals surface area contributed by atoms with Gasteiger partial charge in [-0.3, -0.25) is 0 Å². The Morgan fingerprint density at radius 1 is 1.42 bits per heavy atom. The summed E-state index contributed by atoms with van der Waals surface area (Å²) in [6, 6.07) is -0.0166. The first kappa shape index (κ1) is 9.90. The number of nitrogens with two attached hydrogens (primary N) is 1. The highest BCUT2D eigenvalue weighted by Gasteiger charge is 2.40. The van der Waals surface area contributed by atoms with Crippen molar-refractivity contribution in [2.75, 3.05) is 0 Å². The van der Waals surface area contributed by atoms with Gasteiger partial charge < -0.3 is 5.73 Å². The number of alkyl halides is 2. The molecule has 2 N–H and O–H groups in total. The van der Waals surface area contributed by atoms with E-state index in [2.05, 4.69) is 0 Å². The maximum absolute atomic E-state index is 12.5. The lowest BCUT2D eigenvalue weighted by molar-refractivity contribution is -0.0224. The second kappa shape index (κ2) is 3.29. The average Bonchev–Trinajstić information content (AvgIpc) is 1.94. The fourth-order valence-corrected chi connectivity index (χ4v) is 1.95. The van der Waals surface area contributed by atoms with E-state index in [0.29, 0.717) is 6.42 Å². The van der Waals surface area contributed by atoms with Crippen LogP contribution in [0.25, 0.3) is 0 Å². The first-order valence-corrected chi connectivity index (χ1v) is 4.47. The van der Waals surface area contributed by atoms with Crippen molar-refractivity contribution in [3.8, 4) is 0 Å². The summed E-state index contributed by atoms with van der Waals surface area (Å²) in [4.78, 5) is 0. The summed E-state index contributed by atoms with van der Waals surface area (Å²) in [7, 11) is 0. The SMILES string of the molecule is CC1(C)CCC(N)CC1C(F)F. The van der Waals surface area contributed by atoms with Gasteiger partial charge in [-0.15, -0.1) is 0 Å². The van der Waals surface area contributed by atoms with Crippen molar-refractivity contribution in [1.82, 2.24) is 0 Å². The zero-order valence-electron chi connectivity index (χ0n) is 7.69. The van der Waals surface area contributed by atoms with Gasteiger partial charge in [0.05, 0.1) is 0 Å². The Bertz CT molecular complexity index is 157. The van der Waals surface area contributed by atoms with Gasteiger partial charge in [-0.2, -0.15) is 0 Å². The van der Waals surface area contributed by atoms with Gasteiger partial charge in [-0.1, -0.05) is 13.8 Å². The molecule has 0 amide bonds. The van der Waals surface area contributed by atoms with Crippen LogP contribution in [0.2, 0.25) is 0 Å². The normalized spacial score (nSPS) is 35.5. The van der Waals surface area contributed by atoms with E-state index in [1.54, 1.807) is 0 Å². The molecule has 12 heavy (non-hydrogen) atoms. The van der Waals surface area contributed by atoms with E-state index >= 15 is 0 Å². The maximum atomic E-state index is 12.5. The van der Waals surface area contributed by atoms with Gasteiger partial charge >= 0.3 is 0 Å². The van der Waals surface area contributed by atoms with E-state index in [-0.39, 0.29) is 11.5 Å². The molecule has 3 heteroatoms. The van der Waals surface area contributed by atoms with Crippen molar-refractivity contribution in [3.63, 3.8) is 0 Å². The van der Waals surface area contributed by atoms with Crippen LogP contribution in [0.15, 0.2) is 0 Å². The standard InChI is InChI=1S/C9H17F2N/c1-9(2)4-3-6(12)5-7(9)8(10)11/h6-8H,3-5,12H2,1-2H3. The molecule has 72 valence electrons. The first-order valence-electron chi connectivity index (χ1n) is 4.47. The smallest absolute Gasteiger partial charge is 0.242 e. The molecule has 0 saturated heterocycles. The van der Waals surface area contributed by atoms with Gasteiger partial charge in [-0.05, 0) is 24.7 Å². The number of hydrogen-bond donors (Lipinski definition) is 1. The lowest BCUT2D eigenvalue weighted by Crippen LogP contribution is -2.41. The number of hydrogen-bond acceptors (Lipinski definition) is 1. The lowest BCUT2D eigenvalue weighted by atomic mass is 9.67. The molecule has 2 unspecified atom stereocenters. The minimum absolute atomic E-state index is 0.0166. The van der Waals surface area contributed by atoms with Crippen molar-refractivity contribution in [3.05, 3.63) is 0 Å². The fourth-order valence-electron chi connectivity index (χ4n) is 1.95. The van der Waals surface area contributed by atoms with Crippen molar-refractivity contribution >= 4 is 0 Å². The Morgan fingerprint density at radius 3 is 2.42 bits per heavy atom. The molecule has 0 aromatic carbocycles. The predicted octanol–water partition coefficient (Wildman–Crippen LogP) is 2.41. The monoisotopic (exact) mass is 177 g/mol. The van der Waals surface area contributed by atoms with Crippen molar-refractivity contribution in [2.45, 2.75) is 45.6 Å². The third kappa shape index (κ3) is 1.94. The van der Waals surface area contributed by atoms with Gasteiger partial charge in [0.25, 0.3) is 0 Å². The molecule has 1 nitrogen and oxygen atoms in total. The number of rotatable bonds is 1. The molecule has 0 bridgehead atoms. The predicted molar refractivity (Wildman–Crippen MR) is 45.1 cm³/mol. The molecule has 1 fully saturated rings. The summed E-state index contributed by atoms with van der Waals surface area (Å²) in [6.45, 7) is 3.82. The average molecular weight is 177 g/mol. The van der Waals surface area contributed by atoms with E-state index in [1.807, 2.05) is 13.8 Å². The minimum Gasteiger partial charge on any atom is -0.328 e. The molecule has 1 aliphatic carbocycles. The van der Waals surface area contributed by atoms with Crippen LogP contribution in [0.3, 0.4) is 0 Å². The summed E-state index contributed by atoms with van der Waals surface area (Å²) in [6.07, 6.45) is -0.0318. The molecule has 0 aliphatic heterocycles. The van der Waals surface area contributed by atoms with Crippen LogP contribution >= 0.6 is 0 Å². The molecule has 1 saturated carbocycles. The quantitative estimate of drug-likeness (QED) is 0.654. The second-order valence-corrected chi connectivity index (χ2v) is 4.46. The molecular weight excluding hydrogens is 160 g/mol. The van der Waals surface area contributed by atoms with Crippen LogP contribution in [0.5, 0.6) is 0 Å². The number of halogens is 2. The van der Waals surface area contributed by atoms with E-state index in [4.69, 9.17) is 5.73 Å². The summed E-state index contributed by atoms with van der Waals surface area (Å²) in [5.41, 5.74) is 5.42. The highest BCUT2D eigenvalue weighted by molar-refractivity contribution is 4.88. The molecule has 0 spiro atoms. The third-order valence-corrected chi connectivity index (χ3v) is 3.02. The summed E-state index contributed by atoms with van der Waals surface area (Å²) >= 11 is 0. The highest BCUT2D eigenvalue weighted by Crippen LogP contribution is 2.43. The molecule has 2 atom stereocenters. The Labute approximate surface area is 72.3 Å². The van der Waals surface area contributed by atoms with Crippen LogP contribution in [-0.4, -0.2) is 12.5 Å². The van der Waals surface area contributed by atoms with Crippen LogP contribution in [0.1, 0.15) is 33.1 Å². The van der Waals surface area contributed by atoms with Crippen LogP contribution < -0.4 is 5.73 Å². The highest BCUT2D eigenvalue weighted by atomic mass is 19.3. The van der Waals surface area contributed by atoms with Crippen molar-refractivity contribution in [1.29, 1.82) is 0 Å². The van der Waals surface area contributed by atoms with Crippen LogP contribution in [0, 0.1) is 11.3 Å². The zero-order chi connectivity index (χ0) is 9.35. The topological polar surface area (TPSA) is 26.0 Å². The molecule has 0 radical (unpaired) electrons. The van der Waals surface area contributed by atoms with Gasteiger partial charge in [0.1, 0.15) is 0 Å². The van der Waals surface area contributed by atoms with Crippen molar-refractivity contribution < 1.29 is 8.78 Å². The molecule has 0 aromatic rings. The van der Waals surface area contributed by atoms with Crippen molar-refractivity contribution in [2.24, 2.45) is 17.1 Å². The largest absolute Gasteiger partial charge is 0.328 e. The molecule has 1 rings (SSSR count).